The van der Waals surface area contributed by atoms with Crippen LogP contribution in [0.4, 0.5) is 5.69 Å². The van der Waals surface area contributed by atoms with E-state index >= 15 is 0 Å². The number of sulfonamides is 1. The molecule has 154 valence electrons. The Hall–Kier alpha value is -2.34. The van der Waals surface area contributed by atoms with Crippen molar-refractivity contribution in [2.24, 2.45) is 9.88 Å². The number of hydrogen-bond donors (Lipinski definition) is 1. The van der Waals surface area contributed by atoms with Crippen LogP contribution >= 0.6 is 7.28 Å². The Morgan fingerprint density at radius 2 is 1.59 bits per heavy atom. The van der Waals surface area contributed by atoms with Crippen LogP contribution in [0.2, 0.25) is 0 Å². The van der Waals surface area contributed by atoms with Crippen molar-refractivity contribution in [3.63, 3.8) is 0 Å². The number of para-hydroxylation sites is 1. The van der Waals surface area contributed by atoms with E-state index in [1.807, 2.05) is 49.4 Å². The Kier molecular flexibility index (Phi) is 5.77. The van der Waals surface area contributed by atoms with E-state index in [2.05, 4.69) is 20.8 Å². The van der Waals surface area contributed by atoms with Crippen molar-refractivity contribution >= 4 is 28.5 Å². The van der Waals surface area contributed by atoms with Gasteiger partial charge in [-0.1, -0.05) is 39.0 Å². The van der Waals surface area contributed by atoms with Crippen LogP contribution in [-0.2, 0) is 10.0 Å². The third-order valence-corrected chi connectivity index (χ3v) is 8.91. The van der Waals surface area contributed by atoms with Gasteiger partial charge in [-0.3, -0.25) is 0 Å². The summed E-state index contributed by atoms with van der Waals surface area (Å²) in [7, 11) is -6.50. The first-order valence-electron chi connectivity index (χ1n) is 9.08. The Morgan fingerprint density at radius 1 is 0.966 bits per heavy atom. The molecule has 29 heavy (non-hydrogen) atoms. The molecule has 0 aliphatic carbocycles. The standard InChI is InChI=1S/C21H25N2O4PS/c1-16-10-15-20(26-16)28(21(2,3)4,27-18-8-6-5-7-9-18)23-17-11-13-19(14-12-17)29(22,24)25/h5-15H,1-4H3,(H2,22,24,25). The molecule has 2 aromatic carbocycles. The van der Waals surface area contributed by atoms with Gasteiger partial charge in [0.1, 0.15) is 11.5 Å². The van der Waals surface area contributed by atoms with E-state index in [0.717, 1.165) is 5.76 Å². The maximum absolute atomic E-state index is 11.6. The Morgan fingerprint density at radius 3 is 2.07 bits per heavy atom. The van der Waals surface area contributed by atoms with Crippen LogP contribution in [0.5, 0.6) is 5.75 Å². The van der Waals surface area contributed by atoms with Crippen LogP contribution < -0.4 is 15.2 Å². The zero-order valence-corrected chi connectivity index (χ0v) is 18.6. The van der Waals surface area contributed by atoms with Gasteiger partial charge in [0.15, 0.2) is 5.50 Å². The smallest absolute Gasteiger partial charge is 0.238 e. The van der Waals surface area contributed by atoms with Crippen LogP contribution in [0.3, 0.4) is 0 Å². The fraction of sp³-hybridized carbons (Fsp3) is 0.238. The van der Waals surface area contributed by atoms with Crippen molar-refractivity contribution in [1.82, 2.24) is 0 Å². The average Bonchev–Trinajstić information content (AvgIpc) is 3.07. The first kappa shape index (κ1) is 21.4. The van der Waals surface area contributed by atoms with E-state index < -0.39 is 22.5 Å². The van der Waals surface area contributed by atoms with E-state index in [1.54, 1.807) is 12.1 Å². The van der Waals surface area contributed by atoms with E-state index in [0.29, 0.717) is 16.9 Å². The molecule has 0 aliphatic heterocycles. The van der Waals surface area contributed by atoms with Gasteiger partial charge in [-0.25, -0.2) is 18.3 Å². The quantitative estimate of drug-likeness (QED) is 0.562. The molecule has 1 unspecified atom stereocenters. The summed E-state index contributed by atoms with van der Waals surface area (Å²) < 4.78 is 40.7. The molecule has 1 atom stereocenters. The number of hydrogen-bond acceptors (Lipinski definition) is 5. The van der Waals surface area contributed by atoms with Gasteiger partial charge >= 0.3 is 0 Å². The Labute approximate surface area is 171 Å². The molecule has 0 amide bonds. The zero-order valence-electron chi connectivity index (χ0n) is 16.9. The second-order valence-corrected chi connectivity index (χ2v) is 12.6. The molecule has 3 aromatic rings. The first-order valence-corrected chi connectivity index (χ1v) is 12.3. The van der Waals surface area contributed by atoms with Gasteiger partial charge in [-0.15, -0.1) is 0 Å². The molecule has 0 bridgehead atoms. The second-order valence-electron chi connectivity index (χ2n) is 7.67. The average molecular weight is 432 g/mol. The minimum Gasteiger partial charge on any atom is -0.457 e. The van der Waals surface area contributed by atoms with Crippen molar-refractivity contribution in [3.05, 3.63) is 72.5 Å². The van der Waals surface area contributed by atoms with Crippen molar-refractivity contribution in [2.75, 3.05) is 0 Å². The van der Waals surface area contributed by atoms with Crippen molar-refractivity contribution in [1.29, 1.82) is 0 Å². The van der Waals surface area contributed by atoms with Crippen LogP contribution in [-0.4, -0.2) is 13.6 Å². The molecule has 1 aromatic heterocycles. The summed E-state index contributed by atoms with van der Waals surface area (Å²) in [6, 6.07) is 19.4. The number of nitrogens with zero attached hydrogens (tertiary/aromatic N) is 1. The number of furan rings is 1. The van der Waals surface area contributed by atoms with Crippen LogP contribution in [0.1, 0.15) is 26.5 Å². The summed E-state index contributed by atoms with van der Waals surface area (Å²) in [6.07, 6.45) is 0. The van der Waals surface area contributed by atoms with Gasteiger partial charge in [0, 0.05) is 5.16 Å². The highest BCUT2D eigenvalue weighted by atomic mass is 32.2. The maximum Gasteiger partial charge on any atom is 0.238 e. The summed E-state index contributed by atoms with van der Waals surface area (Å²) in [5.41, 5.74) is 1.26. The topological polar surface area (TPSA) is 94.9 Å². The molecular weight excluding hydrogens is 407 g/mol. The molecule has 0 saturated heterocycles. The number of primary sulfonamides is 1. The largest absolute Gasteiger partial charge is 0.457 e. The monoisotopic (exact) mass is 432 g/mol. The molecule has 0 saturated carbocycles. The highest BCUT2D eigenvalue weighted by Gasteiger charge is 2.41. The van der Waals surface area contributed by atoms with Crippen molar-refractivity contribution in [2.45, 2.75) is 37.7 Å². The number of rotatable bonds is 5. The molecule has 8 heteroatoms. The van der Waals surface area contributed by atoms with Crippen LogP contribution in [0, 0.1) is 6.92 Å². The SMILES string of the molecule is Cc1ccc(P(=Nc2ccc(S(N)(=O)=O)cc2)(Oc2ccccc2)C(C)(C)C)o1. The Balaban J connectivity index is 2.24. The lowest BCUT2D eigenvalue weighted by Gasteiger charge is -2.35. The normalized spacial score (nSPS) is 14.2. The van der Waals surface area contributed by atoms with Gasteiger partial charge in [0.25, 0.3) is 0 Å². The summed E-state index contributed by atoms with van der Waals surface area (Å²) >= 11 is 0. The fourth-order valence-corrected chi connectivity index (χ4v) is 6.23. The lowest BCUT2D eigenvalue weighted by molar-refractivity contribution is 0.527. The third-order valence-electron chi connectivity index (χ3n) is 4.34. The molecule has 1 heterocycles. The number of benzene rings is 2. The minimum atomic E-state index is -3.77. The predicted molar refractivity (Wildman–Crippen MR) is 117 cm³/mol. The summed E-state index contributed by atoms with van der Waals surface area (Å²) in [5, 5.41) is 4.81. The molecule has 0 aliphatic rings. The highest BCUT2D eigenvalue weighted by molar-refractivity contribution is 7.89. The van der Waals surface area contributed by atoms with Crippen LogP contribution in [0.25, 0.3) is 0 Å². The van der Waals surface area contributed by atoms with Gasteiger partial charge in [0.05, 0.1) is 10.6 Å². The Bertz CT molecular complexity index is 1150. The van der Waals surface area contributed by atoms with E-state index in [4.69, 9.17) is 18.8 Å². The second kappa shape index (κ2) is 7.82. The molecule has 0 spiro atoms. The molecule has 3 rings (SSSR count). The lowest BCUT2D eigenvalue weighted by Crippen LogP contribution is -2.26. The molecular formula is C21H25N2O4PS. The maximum atomic E-state index is 11.6. The van der Waals surface area contributed by atoms with Gasteiger partial charge < -0.3 is 8.94 Å². The molecule has 6 nitrogen and oxygen atoms in total. The summed E-state index contributed by atoms with van der Waals surface area (Å²) in [4.78, 5) is 0.0361. The van der Waals surface area contributed by atoms with E-state index in [9.17, 15) is 8.42 Å². The molecule has 0 radical (unpaired) electrons. The molecule has 0 fully saturated rings. The van der Waals surface area contributed by atoms with Gasteiger partial charge in [-0.05, 0) is 55.5 Å². The van der Waals surface area contributed by atoms with Gasteiger partial charge in [0.2, 0.25) is 17.3 Å². The minimum absolute atomic E-state index is 0.0361. The van der Waals surface area contributed by atoms with E-state index in [1.165, 1.54) is 12.1 Å². The van der Waals surface area contributed by atoms with Crippen LogP contribution in [0.15, 0.2) is 80.8 Å². The lowest BCUT2D eigenvalue weighted by atomic mass is 10.3. The number of nitrogens with two attached hydrogens (primary N) is 1. The number of aryl methyl sites for hydroxylation is 1. The van der Waals surface area contributed by atoms with E-state index in [-0.39, 0.29) is 4.90 Å². The summed E-state index contributed by atoms with van der Waals surface area (Å²) in [5.74, 6) is 1.46. The predicted octanol–water partition coefficient (Wildman–Crippen LogP) is 5.19. The highest BCUT2D eigenvalue weighted by Crippen LogP contribution is 2.62. The summed E-state index contributed by atoms with van der Waals surface area (Å²) in [6.45, 7) is 8.06. The van der Waals surface area contributed by atoms with Crippen molar-refractivity contribution in [3.8, 4) is 5.75 Å². The zero-order chi connectivity index (χ0) is 21.3. The van der Waals surface area contributed by atoms with Gasteiger partial charge in [-0.2, -0.15) is 0 Å². The first-order chi connectivity index (χ1) is 13.5. The molecule has 2 N–H and O–H groups in total. The van der Waals surface area contributed by atoms with Crippen molar-refractivity contribution < 1.29 is 17.4 Å². The fourth-order valence-electron chi connectivity index (χ4n) is 2.82. The third kappa shape index (κ3) is 4.64.